The number of aliphatic hydroxyl groups excluding tert-OH is 1. The van der Waals surface area contributed by atoms with Gasteiger partial charge in [-0.25, -0.2) is 23.1 Å². The summed E-state index contributed by atoms with van der Waals surface area (Å²) in [6, 6.07) is 6.74. The summed E-state index contributed by atoms with van der Waals surface area (Å²) in [6.07, 6.45) is 2.65. The predicted octanol–water partition coefficient (Wildman–Crippen LogP) is 1.89. The van der Waals surface area contributed by atoms with Gasteiger partial charge in [-0.05, 0) is 63.5 Å². The number of alkyl halides is 2. The molecule has 2 unspecified atom stereocenters. The molecule has 3 N–H and O–H groups in total. The second kappa shape index (κ2) is 17.2. The molecule has 61 heavy (non-hydrogen) atoms. The van der Waals surface area contributed by atoms with Crippen molar-refractivity contribution >= 4 is 40.0 Å². The average molecular weight is 849 g/mol. The van der Waals surface area contributed by atoms with Crippen LogP contribution in [0.25, 0.3) is 16.7 Å². The number of nitrogens with zero attached hydrogens (tertiary/aromatic N) is 10. The molecule has 8 heterocycles. The first-order valence-corrected chi connectivity index (χ1v) is 20.7. The molecule has 2 atom stereocenters. The van der Waals surface area contributed by atoms with Crippen LogP contribution >= 0.6 is 0 Å². The van der Waals surface area contributed by atoms with E-state index in [2.05, 4.69) is 35.6 Å². The maximum Gasteiger partial charge on any atom is 0.329 e. The zero-order chi connectivity index (χ0) is 42.4. The SMILES string of the molecule is CN(CC1OCC(n2cc(NC(=O)c3cnn4ccc(N5CCOCC5)nc34)c(C(F)F)n2)CO1)C1CCN(Cc2cccc3c2n(C)c(=O)n3C2CCC(O)NC2=O)CC1. The maximum atomic E-state index is 14.2. The van der Waals surface area contributed by atoms with Crippen molar-refractivity contribution in [3.05, 3.63) is 70.2 Å². The topological polar surface area (TPSA) is 191 Å². The molecular weight excluding hydrogens is 799 g/mol. The highest BCUT2D eigenvalue weighted by atomic mass is 19.3. The molecular formula is C40H50F2N12O7. The van der Waals surface area contributed by atoms with Gasteiger partial charge in [-0.15, -0.1) is 0 Å². The lowest BCUT2D eigenvalue weighted by atomic mass is 10.0. The Bertz CT molecular complexity index is 2450. The summed E-state index contributed by atoms with van der Waals surface area (Å²) in [7, 11) is 3.77. The molecule has 0 bridgehead atoms. The molecule has 21 heteroatoms. The number of likely N-dealkylation sites (tertiary alicyclic amines) is 1. The van der Waals surface area contributed by atoms with E-state index in [1.54, 1.807) is 28.4 Å². The number of aromatic nitrogens is 7. The van der Waals surface area contributed by atoms with Gasteiger partial charge in [0.15, 0.2) is 17.6 Å². The Labute approximate surface area is 348 Å². The number of anilines is 2. The van der Waals surface area contributed by atoms with Gasteiger partial charge in [-0.3, -0.25) is 33.2 Å². The molecule has 5 aromatic rings. The van der Waals surface area contributed by atoms with E-state index in [9.17, 15) is 28.3 Å². The standard InChI is InChI=1S/C40H50F2N12O7/c1-48(25-8-11-50(12-9-25)19-24-4-3-5-29-35(24)49(2)40(58)54(29)30-6-7-32(55)46-39(30)57)21-33-60-22-26(23-61-33)53-20-28(34(47-53)36(41)42)44-38(56)27-18-43-52-13-10-31(45-37(27)52)51-14-16-59-17-15-51/h3-5,10,13,18,20,25-26,30,32-33,36,55H,6-9,11-12,14-17,19,21-23H2,1-2H3,(H,44,56)(H,46,57). The van der Waals surface area contributed by atoms with Crippen LogP contribution < -0.4 is 21.2 Å². The number of halogens is 2. The molecule has 4 saturated heterocycles. The minimum Gasteiger partial charge on any atom is -0.378 e. The number of carbonyl (C=O) groups is 2. The second-order valence-electron chi connectivity index (χ2n) is 16.2. The van der Waals surface area contributed by atoms with Crippen molar-refractivity contribution in [3.63, 3.8) is 0 Å². The third kappa shape index (κ3) is 8.24. The smallest absolute Gasteiger partial charge is 0.329 e. The minimum absolute atomic E-state index is 0.119. The molecule has 2 amide bonds. The largest absolute Gasteiger partial charge is 0.378 e. The van der Waals surface area contributed by atoms with Crippen LogP contribution in [0.3, 0.4) is 0 Å². The van der Waals surface area contributed by atoms with Crippen molar-refractivity contribution in [2.45, 2.75) is 69.3 Å². The van der Waals surface area contributed by atoms with Crippen LogP contribution in [0.2, 0.25) is 0 Å². The van der Waals surface area contributed by atoms with Crippen LogP contribution in [0.15, 0.2) is 47.7 Å². The predicted molar refractivity (Wildman–Crippen MR) is 216 cm³/mol. The second-order valence-corrected chi connectivity index (χ2v) is 16.2. The lowest BCUT2D eigenvalue weighted by molar-refractivity contribution is -0.206. The van der Waals surface area contributed by atoms with E-state index in [-0.39, 0.29) is 42.1 Å². The number of ether oxygens (including phenoxy) is 3. The van der Waals surface area contributed by atoms with Gasteiger partial charge in [0.1, 0.15) is 23.7 Å². The Balaban J connectivity index is 0.779. The highest BCUT2D eigenvalue weighted by molar-refractivity contribution is 6.08. The molecule has 0 aliphatic carbocycles. The van der Waals surface area contributed by atoms with E-state index < -0.39 is 42.6 Å². The zero-order valence-corrected chi connectivity index (χ0v) is 34.0. The Morgan fingerprint density at radius 3 is 2.57 bits per heavy atom. The number of aryl methyl sites for hydroxylation is 1. The molecule has 4 fully saturated rings. The van der Waals surface area contributed by atoms with Gasteiger partial charge in [0.2, 0.25) is 5.91 Å². The number of fused-ring (bicyclic) bond motifs is 2. The molecule has 1 aromatic carbocycles. The van der Waals surface area contributed by atoms with E-state index in [1.165, 1.54) is 21.6 Å². The van der Waals surface area contributed by atoms with Gasteiger partial charge in [0, 0.05) is 51.7 Å². The number of imidazole rings is 1. The molecule has 326 valence electrons. The van der Waals surface area contributed by atoms with E-state index in [1.807, 2.05) is 30.1 Å². The fourth-order valence-electron chi connectivity index (χ4n) is 8.94. The quantitative estimate of drug-likeness (QED) is 0.175. The fraction of sp³-hybridized carbons (Fsp3) is 0.550. The number of aliphatic hydroxyl groups is 1. The minimum atomic E-state index is -2.94. The molecule has 0 radical (unpaired) electrons. The number of amides is 2. The average Bonchev–Trinajstić information content (AvgIpc) is 3.96. The first-order valence-electron chi connectivity index (χ1n) is 20.7. The number of morpholine rings is 1. The maximum absolute atomic E-state index is 14.2. The number of rotatable bonds is 11. The third-order valence-electron chi connectivity index (χ3n) is 12.3. The number of benzene rings is 1. The summed E-state index contributed by atoms with van der Waals surface area (Å²) in [4.78, 5) is 50.9. The monoisotopic (exact) mass is 848 g/mol. The van der Waals surface area contributed by atoms with Gasteiger partial charge in [-0.1, -0.05) is 12.1 Å². The molecule has 0 spiro atoms. The van der Waals surface area contributed by atoms with Crippen molar-refractivity contribution in [2.24, 2.45) is 7.05 Å². The lowest BCUT2D eigenvalue weighted by Crippen LogP contribution is -2.47. The Hall–Kier alpha value is -5.32. The molecule has 4 aromatic heterocycles. The molecule has 4 aliphatic rings. The molecule has 0 saturated carbocycles. The number of carbonyl (C=O) groups excluding carboxylic acids is 2. The van der Waals surface area contributed by atoms with Gasteiger partial charge in [0.05, 0.1) is 55.4 Å². The van der Waals surface area contributed by atoms with E-state index >= 15 is 0 Å². The summed E-state index contributed by atoms with van der Waals surface area (Å²) in [5.74, 6) is -0.328. The number of piperidine rings is 2. The van der Waals surface area contributed by atoms with Gasteiger partial charge in [-0.2, -0.15) is 10.2 Å². The molecule has 9 rings (SSSR count). The number of hydrogen-bond donors (Lipinski definition) is 3. The third-order valence-corrected chi connectivity index (χ3v) is 12.3. The lowest BCUT2D eigenvalue weighted by Gasteiger charge is -2.39. The fourth-order valence-corrected chi connectivity index (χ4v) is 8.94. The van der Waals surface area contributed by atoms with Crippen LogP contribution in [-0.4, -0.2) is 145 Å². The number of likely N-dealkylation sites (N-methyl/N-ethyl adjacent to an activating group) is 1. The zero-order valence-electron chi connectivity index (χ0n) is 34.0. The van der Waals surface area contributed by atoms with Crippen LogP contribution in [-0.2, 0) is 32.6 Å². The summed E-state index contributed by atoms with van der Waals surface area (Å²) in [5.41, 5.74) is 2.01. The highest BCUT2D eigenvalue weighted by Crippen LogP contribution is 2.31. The van der Waals surface area contributed by atoms with Crippen molar-refractivity contribution in [1.29, 1.82) is 0 Å². The van der Waals surface area contributed by atoms with Crippen molar-refractivity contribution in [1.82, 2.24) is 48.6 Å². The summed E-state index contributed by atoms with van der Waals surface area (Å²) in [6.45, 7) is 5.65. The Kier molecular flexibility index (Phi) is 11.6. The molecule has 4 aliphatic heterocycles. The summed E-state index contributed by atoms with van der Waals surface area (Å²) < 4.78 is 52.0. The number of para-hydroxylation sites is 1. The van der Waals surface area contributed by atoms with Crippen LogP contribution in [0.1, 0.15) is 65.8 Å². The first-order chi connectivity index (χ1) is 29.5. The van der Waals surface area contributed by atoms with Crippen LogP contribution in [0.4, 0.5) is 20.3 Å². The molecule has 19 nitrogen and oxygen atoms in total. The number of nitrogens with one attached hydrogen (secondary N) is 2. The Morgan fingerprint density at radius 1 is 1.07 bits per heavy atom. The van der Waals surface area contributed by atoms with Crippen LogP contribution in [0.5, 0.6) is 0 Å². The number of hydrogen-bond acceptors (Lipinski definition) is 13. The van der Waals surface area contributed by atoms with Crippen molar-refractivity contribution in [2.75, 3.05) is 76.4 Å². The van der Waals surface area contributed by atoms with Gasteiger partial charge < -0.3 is 34.9 Å². The van der Waals surface area contributed by atoms with E-state index in [4.69, 9.17) is 14.2 Å². The van der Waals surface area contributed by atoms with Crippen LogP contribution in [0, 0.1) is 0 Å². The van der Waals surface area contributed by atoms with E-state index in [0.717, 1.165) is 37.0 Å². The van der Waals surface area contributed by atoms with Gasteiger partial charge in [0.25, 0.3) is 12.3 Å². The Morgan fingerprint density at radius 2 is 1.84 bits per heavy atom. The highest BCUT2D eigenvalue weighted by Gasteiger charge is 2.34. The normalized spacial score (nSPS) is 23.4. The van der Waals surface area contributed by atoms with Crippen molar-refractivity contribution in [3.8, 4) is 0 Å². The van der Waals surface area contributed by atoms with E-state index in [0.29, 0.717) is 69.2 Å². The summed E-state index contributed by atoms with van der Waals surface area (Å²) in [5, 5.41) is 23.4. The summed E-state index contributed by atoms with van der Waals surface area (Å²) >= 11 is 0. The first kappa shape index (κ1) is 41.1. The van der Waals surface area contributed by atoms with Crippen molar-refractivity contribution < 1.29 is 37.7 Å². The van der Waals surface area contributed by atoms with Gasteiger partial charge >= 0.3 is 5.69 Å².